The van der Waals surface area contributed by atoms with Crippen molar-refractivity contribution < 1.29 is 9.47 Å². The van der Waals surface area contributed by atoms with Crippen LogP contribution in [0.4, 0.5) is 5.69 Å². The Balaban J connectivity index is 1.82. The molecule has 3 heteroatoms. The Morgan fingerprint density at radius 3 is 2.26 bits per heavy atom. The zero-order valence-electron chi connectivity index (χ0n) is 17.7. The molecule has 0 unspecified atom stereocenters. The van der Waals surface area contributed by atoms with Crippen molar-refractivity contribution in [3.8, 4) is 11.5 Å². The van der Waals surface area contributed by atoms with Gasteiger partial charge < -0.3 is 14.8 Å². The van der Waals surface area contributed by atoms with Gasteiger partial charge in [-0.15, -0.1) is 0 Å². The van der Waals surface area contributed by atoms with Crippen LogP contribution < -0.4 is 14.8 Å². The average Bonchev–Trinajstić information content (AvgIpc) is 2.60. The summed E-state index contributed by atoms with van der Waals surface area (Å²) in [6, 6.07) is 16.5. The second-order valence-electron chi connectivity index (χ2n) is 8.64. The first-order chi connectivity index (χ1) is 12.7. The molecule has 0 aliphatic rings. The molecule has 2 aromatic rings. The number of hydrogen-bond acceptors (Lipinski definition) is 3. The van der Waals surface area contributed by atoms with Crippen molar-refractivity contribution in [1.29, 1.82) is 0 Å². The molecule has 0 bridgehead atoms. The van der Waals surface area contributed by atoms with Gasteiger partial charge in [-0.1, -0.05) is 52.8 Å². The van der Waals surface area contributed by atoms with Crippen LogP contribution in [0.25, 0.3) is 0 Å². The van der Waals surface area contributed by atoms with Crippen molar-refractivity contribution in [2.45, 2.75) is 59.5 Å². The third kappa shape index (κ3) is 7.54. The van der Waals surface area contributed by atoms with Gasteiger partial charge in [-0.05, 0) is 54.5 Å². The maximum absolute atomic E-state index is 6.03. The second kappa shape index (κ2) is 9.68. The first-order valence-corrected chi connectivity index (χ1v) is 9.98. The number of ether oxygens (including phenoxy) is 2. The number of anilines is 1. The molecule has 0 spiro atoms. The Morgan fingerprint density at radius 2 is 1.63 bits per heavy atom. The van der Waals surface area contributed by atoms with Gasteiger partial charge in [0, 0.05) is 11.8 Å². The van der Waals surface area contributed by atoms with Crippen LogP contribution in [0.2, 0.25) is 0 Å². The molecular weight excluding hydrogens is 334 g/mol. The van der Waals surface area contributed by atoms with Gasteiger partial charge in [0.25, 0.3) is 0 Å². The molecule has 0 saturated heterocycles. The summed E-state index contributed by atoms with van der Waals surface area (Å²) in [5.74, 6) is 2.47. The fourth-order valence-electron chi connectivity index (χ4n) is 2.68. The quantitative estimate of drug-likeness (QED) is 0.563. The van der Waals surface area contributed by atoms with Crippen molar-refractivity contribution in [2.75, 3.05) is 18.5 Å². The molecule has 0 heterocycles. The highest BCUT2D eigenvalue weighted by molar-refractivity contribution is 5.48. The topological polar surface area (TPSA) is 30.5 Å². The van der Waals surface area contributed by atoms with E-state index in [2.05, 4.69) is 77.2 Å². The van der Waals surface area contributed by atoms with Crippen LogP contribution in [-0.2, 0) is 5.41 Å². The van der Waals surface area contributed by atoms with Crippen LogP contribution in [0, 0.1) is 5.92 Å². The summed E-state index contributed by atoms with van der Waals surface area (Å²) in [6.07, 6.45) is 1.13. The maximum Gasteiger partial charge on any atom is 0.121 e. The largest absolute Gasteiger partial charge is 0.494 e. The SMILES string of the molecule is CC(C)CCOc1cccc(NC[C@H](C)Oc2ccc(C(C)(C)C)cc2)c1. The van der Waals surface area contributed by atoms with Crippen molar-refractivity contribution in [3.63, 3.8) is 0 Å². The van der Waals surface area contributed by atoms with Gasteiger partial charge in [0.2, 0.25) is 0 Å². The lowest BCUT2D eigenvalue weighted by molar-refractivity contribution is 0.234. The van der Waals surface area contributed by atoms with Gasteiger partial charge in [0.15, 0.2) is 0 Å². The predicted octanol–water partition coefficient (Wildman–Crippen LogP) is 6.29. The van der Waals surface area contributed by atoms with E-state index in [4.69, 9.17) is 9.47 Å². The molecule has 0 fully saturated rings. The fraction of sp³-hybridized carbons (Fsp3) is 0.500. The molecule has 3 nitrogen and oxygen atoms in total. The molecular formula is C24H35NO2. The van der Waals surface area contributed by atoms with E-state index in [1.54, 1.807) is 0 Å². The smallest absolute Gasteiger partial charge is 0.121 e. The van der Waals surface area contributed by atoms with E-state index in [0.717, 1.165) is 36.8 Å². The highest BCUT2D eigenvalue weighted by Gasteiger charge is 2.13. The minimum atomic E-state index is 0.0657. The third-order valence-corrected chi connectivity index (χ3v) is 4.45. The van der Waals surface area contributed by atoms with E-state index in [-0.39, 0.29) is 11.5 Å². The molecule has 0 amide bonds. The van der Waals surface area contributed by atoms with Gasteiger partial charge in [-0.25, -0.2) is 0 Å². The van der Waals surface area contributed by atoms with Crippen molar-refractivity contribution >= 4 is 5.69 Å². The van der Waals surface area contributed by atoms with E-state index >= 15 is 0 Å². The minimum absolute atomic E-state index is 0.0657. The Kier molecular flexibility index (Phi) is 7.58. The molecule has 0 aliphatic carbocycles. The average molecular weight is 370 g/mol. The van der Waals surface area contributed by atoms with Crippen molar-refractivity contribution in [3.05, 3.63) is 54.1 Å². The normalized spacial score (nSPS) is 12.7. The molecule has 2 rings (SSSR count). The minimum Gasteiger partial charge on any atom is -0.494 e. The van der Waals surface area contributed by atoms with Crippen LogP contribution in [0.15, 0.2) is 48.5 Å². The second-order valence-corrected chi connectivity index (χ2v) is 8.64. The molecule has 27 heavy (non-hydrogen) atoms. The first-order valence-electron chi connectivity index (χ1n) is 9.98. The van der Waals surface area contributed by atoms with Crippen LogP contribution in [-0.4, -0.2) is 19.3 Å². The Bertz CT molecular complexity index is 686. The van der Waals surface area contributed by atoms with Crippen LogP contribution in [0.1, 0.15) is 53.5 Å². The monoisotopic (exact) mass is 369 g/mol. The summed E-state index contributed by atoms with van der Waals surface area (Å²) >= 11 is 0. The Labute approximate surface area is 165 Å². The molecule has 0 saturated carbocycles. The maximum atomic E-state index is 6.03. The molecule has 0 aromatic heterocycles. The summed E-state index contributed by atoms with van der Waals surface area (Å²) in [5.41, 5.74) is 2.53. The highest BCUT2D eigenvalue weighted by atomic mass is 16.5. The van der Waals surface area contributed by atoms with E-state index in [0.29, 0.717) is 5.92 Å². The van der Waals surface area contributed by atoms with Crippen LogP contribution in [0.5, 0.6) is 11.5 Å². The highest BCUT2D eigenvalue weighted by Crippen LogP contribution is 2.25. The standard InChI is InChI=1S/C24H35NO2/c1-18(2)14-15-26-23-9-7-8-21(16-23)25-17-19(3)27-22-12-10-20(11-13-22)24(4,5)6/h7-13,16,18-19,25H,14-15,17H2,1-6H3/t19-/m0/s1. The van der Waals surface area contributed by atoms with Crippen molar-refractivity contribution in [1.82, 2.24) is 0 Å². The summed E-state index contributed by atoms with van der Waals surface area (Å²) < 4.78 is 11.9. The predicted molar refractivity (Wildman–Crippen MR) is 115 cm³/mol. The molecule has 0 aliphatic heterocycles. The fourth-order valence-corrected chi connectivity index (χ4v) is 2.68. The third-order valence-electron chi connectivity index (χ3n) is 4.45. The van der Waals surface area contributed by atoms with Gasteiger partial charge >= 0.3 is 0 Å². The number of nitrogens with one attached hydrogen (secondary N) is 1. The van der Waals surface area contributed by atoms with E-state index in [1.165, 1.54) is 5.56 Å². The molecule has 148 valence electrons. The lowest BCUT2D eigenvalue weighted by Crippen LogP contribution is -2.22. The van der Waals surface area contributed by atoms with Gasteiger partial charge in [-0.2, -0.15) is 0 Å². The summed E-state index contributed by atoms with van der Waals surface area (Å²) in [6.45, 7) is 14.6. The van der Waals surface area contributed by atoms with E-state index in [1.807, 2.05) is 18.2 Å². The van der Waals surface area contributed by atoms with Crippen LogP contribution in [0.3, 0.4) is 0 Å². The first kappa shape index (κ1) is 21.1. The lowest BCUT2D eigenvalue weighted by atomic mass is 9.87. The van der Waals surface area contributed by atoms with E-state index < -0.39 is 0 Å². The molecule has 1 N–H and O–H groups in total. The van der Waals surface area contributed by atoms with Gasteiger partial charge in [-0.3, -0.25) is 0 Å². The number of rotatable bonds is 9. The van der Waals surface area contributed by atoms with Crippen molar-refractivity contribution in [2.24, 2.45) is 5.92 Å². The van der Waals surface area contributed by atoms with E-state index in [9.17, 15) is 0 Å². The summed E-state index contributed by atoms with van der Waals surface area (Å²) in [7, 11) is 0. The zero-order valence-corrected chi connectivity index (χ0v) is 17.7. The van der Waals surface area contributed by atoms with Crippen LogP contribution >= 0.6 is 0 Å². The molecule has 1 atom stereocenters. The zero-order chi connectivity index (χ0) is 19.9. The van der Waals surface area contributed by atoms with Gasteiger partial charge in [0.05, 0.1) is 13.2 Å². The molecule has 2 aromatic carbocycles. The van der Waals surface area contributed by atoms with Gasteiger partial charge in [0.1, 0.15) is 17.6 Å². The summed E-state index contributed by atoms with van der Waals surface area (Å²) in [5, 5.41) is 3.43. The lowest BCUT2D eigenvalue weighted by Gasteiger charge is -2.20. The Morgan fingerprint density at radius 1 is 0.926 bits per heavy atom. The summed E-state index contributed by atoms with van der Waals surface area (Å²) in [4.78, 5) is 0. The number of hydrogen-bond donors (Lipinski definition) is 1. The molecule has 0 radical (unpaired) electrons. The number of benzene rings is 2. The Hall–Kier alpha value is -2.16.